The Balaban J connectivity index is 1.98. The minimum atomic E-state index is 0.173. The third-order valence-electron chi connectivity index (χ3n) is 2.75. The highest BCUT2D eigenvalue weighted by atomic mass is 16.5. The predicted octanol–water partition coefficient (Wildman–Crippen LogP) is 0.481. The Morgan fingerprint density at radius 2 is 2.27 bits per heavy atom. The molecule has 0 saturated heterocycles. The Kier molecular flexibility index (Phi) is 5.65. The summed E-state index contributed by atoms with van der Waals surface area (Å²) in [4.78, 5) is 13.4. The molecule has 1 rings (SSSR count). The molecule has 1 aliphatic rings. The molecule has 0 heterocycles. The van der Waals surface area contributed by atoms with Crippen molar-refractivity contribution < 1.29 is 9.53 Å². The van der Waals surface area contributed by atoms with Gasteiger partial charge in [-0.15, -0.1) is 0 Å². The Labute approximate surface area is 92.0 Å². The molecule has 0 radical (unpaired) electrons. The van der Waals surface area contributed by atoms with E-state index < -0.39 is 0 Å². The monoisotopic (exact) mass is 214 g/mol. The van der Waals surface area contributed by atoms with Gasteiger partial charge in [0.1, 0.15) is 0 Å². The van der Waals surface area contributed by atoms with E-state index in [9.17, 15) is 4.79 Å². The standard InChI is InChI=1S/C11H22N2O2/c1-13(7-5-10-3-4-10)11(14)9-12-6-8-15-2/h10,12H,3-9H2,1-2H3. The maximum absolute atomic E-state index is 11.6. The van der Waals surface area contributed by atoms with Crippen LogP contribution in [0.3, 0.4) is 0 Å². The summed E-state index contributed by atoms with van der Waals surface area (Å²) in [6.45, 7) is 2.71. The molecule has 4 nitrogen and oxygen atoms in total. The van der Waals surface area contributed by atoms with Crippen molar-refractivity contribution in [1.82, 2.24) is 10.2 Å². The van der Waals surface area contributed by atoms with Crippen molar-refractivity contribution in [3.8, 4) is 0 Å². The first-order valence-electron chi connectivity index (χ1n) is 5.67. The van der Waals surface area contributed by atoms with Crippen molar-refractivity contribution in [3.05, 3.63) is 0 Å². The van der Waals surface area contributed by atoms with Gasteiger partial charge in [0.25, 0.3) is 0 Å². The normalized spacial score (nSPS) is 15.3. The SMILES string of the molecule is COCCNCC(=O)N(C)CCC1CC1. The Hall–Kier alpha value is -0.610. The van der Waals surface area contributed by atoms with E-state index in [0.717, 1.165) is 19.0 Å². The predicted molar refractivity (Wildman–Crippen MR) is 59.7 cm³/mol. The molecule has 0 aliphatic heterocycles. The van der Waals surface area contributed by atoms with E-state index in [1.54, 1.807) is 7.11 Å². The van der Waals surface area contributed by atoms with Gasteiger partial charge in [-0.3, -0.25) is 4.79 Å². The molecular weight excluding hydrogens is 192 g/mol. The number of hydrogen-bond acceptors (Lipinski definition) is 3. The molecule has 0 aromatic carbocycles. The molecular formula is C11H22N2O2. The van der Waals surface area contributed by atoms with Crippen LogP contribution in [0.1, 0.15) is 19.3 Å². The summed E-state index contributed by atoms with van der Waals surface area (Å²) in [5.74, 6) is 1.06. The summed E-state index contributed by atoms with van der Waals surface area (Å²) in [6.07, 6.45) is 3.88. The van der Waals surface area contributed by atoms with E-state index in [-0.39, 0.29) is 5.91 Å². The van der Waals surface area contributed by atoms with Crippen LogP contribution in [0.4, 0.5) is 0 Å². The maximum atomic E-state index is 11.6. The zero-order valence-corrected chi connectivity index (χ0v) is 9.79. The van der Waals surface area contributed by atoms with Gasteiger partial charge in [-0.1, -0.05) is 12.8 Å². The fourth-order valence-electron chi connectivity index (χ4n) is 1.41. The molecule has 0 spiro atoms. The summed E-state index contributed by atoms with van der Waals surface area (Å²) >= 11 is 0. The molecule has 1 aliphatic carbocycles. The second-order valence-electron chi connectivity index (χ2n) is 4.22. The number of likely N-dealkylation sites (N-methyl/N-ethyl adjacent to an activating group) is 1. The van der Waals surface area contributed by atoms with E-state index in [1.165, 1.54) is 19.3 Å². The van der Waals surface area contributed by atoms with Crippen LogP contribution >= 0.6 is 0 Å². The number of carbonyl (C=O) groups excluding carboxylic acids is 1. The highest BCUT2D eigenvalue weighted by Crippen LogP contribution is 2.32. The van der Waals surface area contributed by atoms with Crippen LogP contribution in [0.2, 0.25) is 0 Å². The lowest BCUT2D eigenvalue weighted by molar-refractivity contribution is -0.129. The van der Waals surface area contributed by atoms with Gasteiger partial charge in [-0.05, 0) is 12.3 Å². The van der Waals surface area contributed by atoms with Crippen LogP contribution in [0.25, 0.3) is 0 Å². The lowest BCUT2D eigenvalue weighted by Crippen LogP contribution is -2.37. The Morgan fingerprint density at radius 1 is 1.53 bits per heavy atom. The van der Waals surface area contributed by atoms with Crippen molar-refractivity contribution in [1.29, 1.82) is 0 Å². The highest BCUT2D eigenvalue weighted by molar-refractivity contribution is 5.77. The first-order valence-corrected chi connectivity index (χ1v) is 5.67. The molecule has 0 bridgehead atoms. The van der Waals surface area contributed by atoms with Crippen molar-refractivity contribution >= 4 is 5.91 Å². The number of ether oxygens (including phenoxy) is 1. The molecule has 1 amide bonds. The third-order valence-corrected chi connectivity index (χ3v) is 2.75. The van der Waals surface area contributed by atoms with Crippen molar-refractivity contribution in [2.45, 2.75) is 19.3 Å². The van der Waals surface area contributed by atoms with Crippen LogP contribution < -0.4 is 5.32 Å². The van der Waals surface area contributed by atoms with Gasteiger partial charge in [0.05, 0.1) is 13.2 Å². The average molecular weight is 214 g/mol. The third kappa shape index (κ3) is 5.74. The van der Waals surface area contributed by atoms with E-state index in [2.05, 4.69) is 5.32 Å². The maximum Gasteiger partial charge on any atom is 0.236 e. The average Bonchev–Trinajstić information content (AvgIpc) is 3.04. The fraction of sp³-hybridized carbons (Fsp3) is 0.909. The smallest absolute Gasteiger partial charge is 0.236 e. The first kappa shape index (κ1) is 12.5. The molecule has 1 fully saturated rings. The Bertz CT molecular complexity index is 193. The highest BCUT2D eigenvalue weighted by Gasteiger charge is 2.21. The zero-order chi connectivity index (χ0) is 11.1. The van der Waals surface area contributed by atoms with Crippen LogP contribution in [-0.4, -0.2) is 51.2 Å². The summed E-state index contributed by atoms with van der Waals surface area (Å²) in [5.41, 5.74) is 0. The number of nitrogens with one attached hydrogen (secondary N) is 1. The van der Waals surface area contributed by atoms with Crippen molar-refractivity contribution in [3.63, 3.8) is 0 Å². The molecule has 0 aromatic heterocycles. The lowest BCUT2D eigenvalue weighted by Gasteiger charge is -2.17. The van der Waals surface area contributed by atoms with Crippen LogP contribution in [-0.2, 0) is 9.53 Å². The van der Waals surface area contributed by atoms with E-state index in [0.29, 0.717) is 13.2 Å². The second-order valence-corrected chi connectivity index (χ2v) is 4.22. The largest absolute Gasteiger partial charge is 0.383 e. The minimum Gasteiger partial charge on any atom is -0.383 e. The zero-order valence-electron chi connectivity index (χ0n) is 9.79. The summed E-state index contributed by atoms with van der Waals surface area (Å²) in [6, 6.07) is 0. The van der Waals surface area contributed by atoms with Gasteiger partial charge in [-0.2, -0.15) is 0 Å². The van der Waals surface area contributed by atoms with Gasteiger partial charge in [-0.25, -0.2) is 0 Å². The quantitative estimate of drug-likeness (QED) is 0.598. The van der Waals surface area contributed by atoms with Crippen molar-refractivity contribution in [2.75, 3.05) is 40.4 Å². The fourth-order valence-corrected chi connectivity index (χ4v) is 1.41. The first-order chi connectivity index (χ1) is 7.24. The van der Waals surface area contributed by atoms with E-state index in [1.807, 2.05) is 11.9 Å². The lowest BCUT2D eigenvalue weighted by atomic mass is 10.3. The molecule has 0 atom stereocenters. The number of hydrogen-bond donors (Lipinski definition) is 1. The molecule has 0 unspecified atom stereocenters. The summed E-state index contributed by atoms with van der Waals surface area (Å²) in [7, 11) is 3.54. The molecule has 1 N–H and O–H groups in total. The van der Waals surface area contributed by atoms with E-state index in [4.69, 9.17) is 4.74 Å². The topological polar surface area (TPSA) is 41.6 Å². The molecule has 0 aromatic rings. The van der Waals surface area contributed by atoms with Gasteiger partial charge >= 0.3 is 0 Å². The molecule has 88 valence electrons. The van der Waals surface area contributed by atoms with E-state index >= 15 is 0 Å². The summed E-state index contributed by atoms with van der Waals surface area (Å²) in [5, 5.41) is 3.05. The van der Waals surface area contributed by atoms with Crippen LogP contribution in [0.5, 0.6) is 0 Å². The van der Waals surface area contributed by atoms with Crippen LogP contribution in [0, 0.1) is 5.92 Å². The van der Waals surface area contributed by atoms with Gasteiger partial charge in [0.2, 0.25) is 5.91 Å². The number of rotatable bonds is 8. The number of carbonyl (C=O) groups is 1. The number of methoxy groups -OCH3 is 1. The molecule has 15 heavy (non-hydrogen) atoms. The van der Waals surface area contributed by atoms with Gasteiger partial charge in [0, 0.05) is 27.2 Å². The van der Waals surface area contributed by atoms with Crippen molar-refractivity contribution in [2.24, 2.45) is 5.92 Å². The van der Waals surface area contributed by atoms with Gasteiger partial charge < -0.3 is 15.0 Å². The minimum absolute atomic E-state index is 0.173. The number of nitrogens with zero attached hydrogens (tertiary/aromatic N) is 1. The second kappa shape index (κ2) is 6.80. The van der Waals surface area contributed by atoms with Crippen LogP contribution in [0.15, 0.2) is 0 Å². The molecule has 4 heteroatoms. The molecule has 1 saturated carbocycles. The summed E-state index contributed by atoms with van der Waals surface area (Å²) < 4.78 is 4.88. The van der Waals surface area contributed by atoms with Gasteiger partial charge in [0.15, 0.2) is 0 Å². The Morgan fingerprint density at radius 3 is 2.87 bits per heavy atom. The number of amides is 1.